The number of hydrogen-bond acceptors (Lipinski definition) is 2. The maximum Gasteiger partial charge on any atom is 0.254 e. The normalized spacial score (nSPS) is 19.6. The Morgan fingerprint density at radius 2 is 2.00 bits per heavy atom. The number of carbonyl (C=O) groups is 1. The predicted molar refractivity (Wildman–Crippen MR) is 66.8 cm³/mol. The number of fused-ring (bicyclic) bond motifs is 1. The second-order valence-corrected chi connectivity index (χ2v) is 5.21. The van der Waals surface area contributed by atoms with Gasteiger partial charge in [-0.25, -0.2) is 0 Å². The molecule has 0 bridgehead atoms. The number of aliphatic hydroxyl groups is 1. The molecule has 1 aliphatic heterocycles. The van der Waals surface area contributed by atoms with E-state index in [2.05, 4.69) is 0 Å². The van der Waals surface area contributed by atoms with E-state index in [0.29, 0.717) is 13.0 Å². The first kappa shape index (κ1) is 12.1. The number of amides is 1. The van der Waals surface area contributed by atoms with Crippen molar-refractivity contribution in [2.75, 3.05) is 6.54 Å². The molecule has 1 atom stereocenters. The van der Waals surface area contributed by atoms with Crippen molar-refractivity contribution in [1.29, 1.82) is 0 Å². The van der Waals surface area contributed by atoms with Crippen LogP contribution in [0.2, 0.25) is 0 Å². The Bertz CT molecular complexity index is 434. The third kappa shape index (κ3) is 2.20. The minimum absolute atomic E-state index is 0.00343. The van der Waals surface area contributed by atoms with Gasteiger partial charge in [0, 0.05) is 18.5 Å². The molecule has 0 saturated heterocycles. The van der Waals surface area contributed by atoms with Gasteiger partial charge < -0.3 is 10.0 Å². The van der Waals surface area contributed by atoms with Gasteiger partial charge in [0.25, 0.3) is 5.91 Å². The number of hydrogen-bond donors (Lipinski definition) is 1. The summed E-state index contributed by atoms with van der Waals surface area (Å²) < 4.78 is 0. The lowest BCUT2D eigenvalue weighted by atomic mass is 9.93. The zero-order chi connectivity index (χ0) is 12.6. The van der Waals surface area contributed by atoms with Crippen LogP contribution in [0, 0.1) is 0 Å². The molecular weight excluding hydrogens is 214 g/mol. The summed E-state index contributed by atoms with van der Waals surface area (Å²) in [5, 5.41) is 9.97. The molecule has 1 unspecified atom stereocenters. The zero-order valence-electron chi connectivity index (χ0n) is 10.6. The number of rotatable bonds is 3. The van der Waals surface area contributed by atoms with E-state index in [1.54, 1.807) is 13.8 Å². The van der Waals surface area contributed by atoms with Crippen molar-refractivity contribution in [3.05, 3.63) is 35.4 Å². The van der Waals surface area contributed by atoms with E-state index in [1.807, 2.05) is 36.1 Å². The van der Waals surface area contributed by atoms with E-state index in [4.69, 9.17) is 0 Å². The van der Waals surface area contributed by atoms with E-state index in [-0.39, 0.29) is 11.9 Å². The van der Waals surface area contributed by atoms with Crippen molar-refractivity contribution in [2.45, 2.75) is 38.8 Å². The molecule has 1 aromatic carbocycles. The summed E-state index contributed by atoms with van der Waals surface area (Å²) in [6.07, 6.45) is 0.573. The van der Waals surface area contributed by atoms with Crippen LogP contribution in [0.4, 0.5) is 0 Å². The smallest absolute Gasteiger partial charge is 0.254 e. The molecule has 0 saturated carbocycles. The largest absolute Gasteiger partial charge is 0.390 e. The Morgan fingerprint density at radius 3 is 2.59 bits per heavy atom. The molecule has 2 rings (SSSR count). The molecule has 1 amide bonds. The number of carbonyl (C=O) groups excluding carboxylic acids is 1. The van der Waals surface area contributed by atoms with Gasteiger partial charge in [0.15, 0.2) is 0 Å². The Hall–Kier alpha value is -1.35. The van der Waals surface area contributed by atoms with Crippen molar-refractivity contribution < 1.29 is 9.90 Å². The van der Waals surface area contributed by atoms with Crippen LogP contribution < -0.4 is 0 Å². The Labute approximate surface area is 102 Å². The van der Waals surface area contributed by atoms with Crippen LogP contribution >= 0.6 is 0 Å². The van der Waals surface area contributed by atoms with Crippen molar-refractivity contribution >= 4 is 5.91 Å². The fourth-order valence-electron chi connectivity index (χ4n) is 2.50. The topological polar surface area (TPSA) is 40.5 Å². The van der Waals surface area contributed by atoms with Crippen LogP contribution in [0.5, 0.6) is 0 Å². The van der Waals surface area contributed by atoms with Crippen LogP contribution in [0.3, 0.4) is 0 Å². The predicted octanol–water partition coefficient (Wildman–Crippen LogP) is 2.36. The van der Waals surface area contributed by atoms with Gasteiger partial charge in [0.05, 0.1) is 11.6 Å². The van der Waals surface area contributed by atoms with Gasteiger partial charge in [-0.3, -0.25) is 4.79 Å². The molecule has 0 radical (unpaired) electrons. The molecule has 1 aromatic rings. The van der Waals surface area contributed by atoms with Crippen LogP contribution in [0.25, 0.3) is 0 Å². The first-order valence-corrected chi connectivity index (χ1v) is 6.06. The molecule has 0 aliphatic carbocycles. The molecule has 0 aromatic heterocycles. The minimum Gasteiger partial charge on any atom is -0.390 e. The first-order chi connectivity index (χ1) is 7.94. The highest BCUT2D eigenvalue weighted by Crippen LogP contribution is 2.38. The maximum atomic E-state index is 12.2. The molecule has 0 spiro atoms. The summed E-state index contributed by atoms with van der Waals surface area (Å²) in [5.74, 6) is 0.0809. The summed E-state index contributed by atoms with van der Waals surface area (Å²) in [6, 6.07) is 7.69. The Morgan fingerprint density at radius 1 is 1.35 bits per heavy atom. The lowest BCUT2D eigenvalue weighted by Crippen LogP contribution is -2.33. The van der Waals surface area contributed by atoms with Gasteiger partial charge in [-0.1, -0.05) is 18.2 Å². The summed E-state index contributed by atoms with van der Waals surface area (Å²) in [7, 11) is 0. The highest BCUT2D eigenvalue weighted by atomic mass is 16.3. The summed E-state index contributed by atoms with van der Waals surface area (Å²) >= 11 is 0. The molecule has 92 valence electrons. The fourth-order valence-corrected chi connectivity index (χ4v) is 2.50. The van der Waals surface area contributed by atoms with Crippen molar-refractivity contribution in [3.8, 4) is 0 Å². The van der Waals surface area contributed by atoms with Gasteiger partial charge >= 0.3 is 0 Å². The first-order valence-electron chi connectivity index (χ1n) is 6.06. The van der Waals surface area contributed by atoms with Gasteiger partial charge in [-0.05, 0) is 32.4 Å². The van der Waals surface area contributed by atoms with E-state index >= 15 is 0 Å². The lowest BCUT2D eigenvalue weighted by Gasteiger charge is -2.29. The second kappa shape index (κ2) is 4.15. The van der Waals surface area contributed by atoms with Crippen LogP contribution in [-0.4, -0.2) is 28.1 Å². The highest BCUT2D eigenvalue weighted by molar-refractivity contribution is 5.99. The summed E-state index contributed by atoms with van der Waals surface area (Å²) in [5.41, 5.74) is 1.06. The fraction of sp³-hybridized carbons (Fsp3) is 0.500. The molecule has 0 fully saturated rings. The molecule has 1 N–H and O–H groups in total. The molecule has 17 heavy (non-hydrogen) atoms. The summed E-state index contributed by atoms with van der Waals surface area (Å²) in [4.78, 5) is 14.0. The van der Waals surface area contributed by atoms with Crippen LogP contribution in [0.15, 0.2) is 24.3 Å². The van der Waals surface area contributed by atoms with E-state index < -0.39 is 5.60 Å². The molecular formula is C14H19NO2. The maximum absolute atomic E-state index is 12.2. The van der Waals surface area contributed by atoms with Crippen molar-refractivity contribution in [2.24, 2.45) is 0 Å². The third-order valence-corrected chi connectivity index (χ3v) is 3.22. The number of nitrogens with zero attached hydrogens (tertiary/aromatic N) is 1. The summed E-state index contributed by atoms with van der Waals surface area (Å²) in [6.45, 7) is 6.22. The van der Waals surface area contributed by atoms with Crippen LogP contribution in [-0.2, 0) is 0 Å². The Kier molecular flexibility index (Phi) is 2.96. The van der Waals surface area contributed by atoms with Gasteiger partial charge in [0.1, 0.15) is 0 Å². The van der Waals surface area contributed by atoms with Gasteiger partial charge in [-0.2, -0.15) is 0 Å². The lowest BCUT2D eigenvalue weighted by molar-refractivity contribution is 0.0354. The monoisotopic (exact) mass is 233 g/mol. The van der Waals surface area contributed by atoms with E-state index in [0.717, 1.165) is 11.1 Å². The molecule has 3 nitrogen and oxygen atoms in total. The molecule has 1 heterocycles. The van der Waals surface area contributed by atoms with Gasteiger partial charge in [0.2, 0.25) is 0 Å². The average molecular weight is 233 g/mol. The standard InChI is InChI=1S/C14H19NO2/c1-4-15-12(9-14(2,3)17)10-7-5-6-8-11(10)13(15)16/h5-8,12,17H,4,9H2,1-3H3. The van der Waals surface area contributed by atoms with Crippen molar-refractivity contribution in [3.63, 3.8) is 0 Å². The minimum atomic E-state index is -0.768. The quantitative estimate of drug-likeness (QED) is 0.870. The molecule has 3 heteroatoms. The molecule has 1 aliphatic rings. The number of benzene rings is 1. The van der Waals surface area contributed by atoms with Crippen LogP contribution in [0.1, 0.15) is 49.2 Å². The van der Waals surface area contributed by atoms with E-state index in [9.17, 15) is 9.90 Å². The second-order valence-electron chi connectivity index (χ2n) is 5.21. The highest BCUT2D eigenvalue weighted by Gasteiger charge is 2.37. The average Bonchev–Trinajstić information content (AvgIpc) is 2.51. The van der Waals surface area contributed by atoms with Crippen molar-refractivity contribution in [1.82, 2.24) is 4.90 Å². The van der Waals surface area contributed by atoms with E-state index in [1.165, 1.54) is 0 Å². The SMILES string of the molecule is CCN1C(=O)c2ccccc2C1CC(C)(C)O. The zero-order valence-corrected chi connectivity index (χ0v) is 10.6. The Balaban J connectivity index is 2.39. The third-order valence-electron chi connectivity index (χ3n) is 3.22. The van der Waals surface area contributed by atoms with Gasteiger partial charge in [-0.15, -0.1) is 0 Å².